The molecule has 38 heavy (non-hydrogen) atoms. The Morgan fingerprint density at radius 2 is 1.84 bits per heavy atom. The van der Waals surface area contributed by atoms with E-state index in [1.165, 1.54) is 0 Å². The van der Waals surface area contributed by atoms with Crippen molar-refractivity contribution in [3.63, 3.8) is 0 Å². The van der Waals surface area contributed by atoms with Crippen molar-refractivity contribution in [3.05, 3.63) is 11.6 Å². The Kier molecular flexibility index (Phi) is 7.71. The molecule has 4 aliphatic rings. The van der Waals surface area contributed by atoms with Crippen LogP contribution in [-0.4, -0.2) is 69.2 Å². The number of hydrogen-bond donors (Lipinski definition) is 4. The number of hydrogen-bond acceptors (Lipinski definition) is 8. The van der Waals surface area contributed by atoms with Gasteiger partial charge in [0.25, 0.3) is 0 Å². The Morgan fingerprint density at radius 1 is 1.13 bits per heavy atom. The third-order valence-corrected chi connectivity index (χ3v) is 10.3. The molecule has 4 N–H and O–H groups in total. The van der Waals surface area contributed by atoms with E-state index in [1.807, 2.05) is 6.92 Å². The Balaban J connectivity index is 1.40. The van der Waals surface area contributed by atoms with Gasteiger partial charge in [-0.2, -0.15) is 0 Å². The fourth-order valence-electron chi connectivity index (χ4n) is 8.18. The molecule has 9 nitrogen and oxygen atoms in total. The Bertz CT molecular complexity index is 1040. The summed E-state index contributed by atoms with van der Waals surface area (Å²) in [6, 6.07) is 0. The molecule has 212 valence electrons. The average molecular weight is 534 g/mol. The van der Waals surface area contributed by atoms with Gasteiger partial charge in [0.2, 0.25) is 11.7 Å². The predicted molar refractivity (Wildman–Crippen MR) is 138 cm³/mol. The highest BCUT2D eigenvalue weighted by Crippen LogP contribution is 2.67. The van der Waals surface area contributed by atoms with Gasteiger partial charge >= 0.3 is 5.97 Å². The molecular formula is C29H43NO8. The minimum absolute atomic E-state index is 0.0223. The van der Waals surface area contributed by atoms with Crippen LogP contribution in [0.1, 0.15) is 85.5 Å². The number of carbonyl (C=O) groups is 4. The van der Waals surface area contributed by atoms with Gasteiger partial charge in [-0.1, -0.05) is 19.4 Å². The van der Waals surface area contributed by atoms with Crippen molar-refractivity contribution < 1.29 is 39.2 Å². The van der Waals surface area contributed by atoms with Crippen molar-refractivity contribution in [1.82, 2.24) is 5.32 Å². The summed E-state index contributed by atoms with van der Waals surface area (Å²) in [7, 11) is 0. The lowest BCUT2D eigenvalue weighted by molar-refractivity contribution is -0.184. The zero-order valence-electron chi connectivity index (χ0n) is 23.0. The SMILES string of the molecule is CC(C)(CO)NC(=O)CCC(=O)OCC(=O)[C@@]1(O)CC[C@@H]2[C@@H]3CCC4=CC(=O)CC[C@]4(C)[C@H]3[C@@H](O)C[C@@]21C. The molecule has 0 aromatic rings. The second-order valence-corrected chi connectivity index (χ2v) is 13.2. The minimum Gasteiger partial charge on any atom is -0.458 e. The molecule has 3 fully saturated rings. The molecule has 0 heterocycles. The lowest BCUT2D eigenvalue weighted by Crippen LogP contribution is -2.62. The largest absolute Gasteiger partial charge is 0.458 e. The second kappa shape index (κ2) is 10.1. The van der Waals surface area contributed by atoms with Crippen LogP contribution < -0.4 is 5.32 Å². The van der Waals surface area contributed by atoms with Gasteiger partial charge in [0.1, 0.15) is 5.60 Å². The first-order valence-electron chi connectivity index (χ1n) is 13.9. The topological polar surface area (TPSA) is 150 Å². The van der Waals surface area contributed by atoms with Gasteiger partial charge in [0, 0.05) is 18.3 Å². The molecule has 0 saturated heterocycles. The molecule has 0 radical (unpaired) electrons. The lowest BCUT2D eigenvalue weighted by Gasteiger charge is -2.60. The monoisotopic (exact) mass is 533 g/mol. The fraction of sp³-hybridized carbons (Fsp3) is 0.793. The molecule has 0 bridgehead atoms. The third-order valence-electron chi connectivity index (χ3n) is 10.3. The standard InChI is InChI=1S/C29H43NO8/c1-26(2,16-31)30-23(35)7-8-24(36)38-15-22(34)29(37)12-10-20-19-6-5-17-13-18(32)9-11-27(17,3)25(19)21(33)14-28(20,29)4/h13,19-21,25,31,33,37H,5-12,14-16H2,1-4H3,(H,30,35)/t19-,20+,21-,25+,27-,28-,29-/m0/s1. The normalized spacial score (nSPS) is 38.4. The van der Waals surface area contributed by atoms with Crippen molar-refractivity contribution in [2.75, 3.05) is 13.2 Å². The molecule has 3 saturated carbocycles. The number of Topliss-reactive ketones (excluding diaryl/α,β-unsaturated/α-hetero) is 1. The van der Waals surface area contributed by atoms with Gasteiger partial charge in [0.15, 0.2) is 12.4 Å². The van der Waals surface area contributed by atoms with Gasteiger partial charge in [0.05, 0.1) is 24.7 Å². The van der Waals surface area contributed by atoms with E-state index >= 15 is 0 Å². The molecule has 0 aromatic heterocycles. The highest BCUT2D eigenvalue weighted by Gasteiger charge is 2.68. The number of nitrogens with one attached hydrogen (secondary N) is 1. The summed E-state index contributed by atoms with van der Waals surface area (Å²) >= 11 is 0. The number of ether oxygens (including phenoxy) is 1. The quantitative estimate of drug-likeness (QED) is 0.346. The van der Waals surface area contributed by atoms with Gasteiger partial charge in [-0.15, -0.1) is 0 Å². The van der Waals surface area contributed by atoms with Crippen LogP contribution in [-0.2, 0) is 23.9 Å². The van der Waals surface area contributed by atoms with E-state index < -0.39 is 46.9 Å². The van der Waals surface area contributed by atoms with Gasteiger partial charge in [-0.25, -0.2) is 0 Å². The molecule has 0 unspecified atom stereocenters. The van der Waals surface area contributed by atoms with Crippen LogP contribution in [0.2, 0.25) is 0 Å². The molecule has 4 aliphatic carbocycles. The van der Waals surface area contributed by atoms with E-state index in [1.54, 1.807) is 19.9 Å². The van der Waals surface area contributed by atoms with Crippen LogP contribution in [0, 0.1) is 28.6 Å². The van der Waals surface area contributed by atoms with E-state index in [0.717, 1.165) is 18.4 Å². The lowest BCUT2D eigenvalue weighted by atomic mass is 9.45. The maximum Gasteiger partial charge on any atom is 0.306 e. The highest BCUT2D eigenvalue weighted by molar-refractivity contribution is 5.92. The molecule has 0 aliphatic heterocycles. The molecule has 4 rings (SSSR count). The van der Waals surface area contributed by atoms with E-state index in [0.29, 0.717) is 19.3 Å². The number of ketones is 2. The molecule has 0 spiro atoms. The number of aliphatic hydroxyl groups excluding tert-OH is 2. The van der Waals surface area contributed by atoms with Gasteiger partial charge in [-0.05, 0) is 81.6 Å². The first kappa shape index (κ1) is 28.9. The van der Waals surface area contributed by atoms with E-state index in [2.05, 4.69) is 12.2 Å². The maximum absolute atomic E-state index is 13.3. The number of amides is 1. The zero-order chi connectivity index (χ0) is 28.1. The Morgan fingerprint density at radius 3 is 2.53 bits per heavy atom. The van der Waals surface area contributed by atoms with Gasteiger partial charge < -0.3 is 25.4 Å². The van der Waals surface area contributed by atoms with Crippen LogP contribution in [0.4, 0.5) is 0 Å². The van der Waals surface area contributed by atoms with Gasteiger partial charge in [-0.3, -0.25) is 19.2 Å². The van der Waals surface area contributed by atoms with Crippen LogP contribution in [0.15, 0.2) is 11.6 Å². The summed E-state index contributed by atoms with van der Waals surface area (Å²) in [5.41, 5.74) is -2.50. The van der Waals surface area contributed by atoms with Crippen molar-refractivity contribution in [3.8, 4) is 0 Å². The number of carbonyl (C=O) groups excluding carboxylic acids is 4. The van der Waals surface area contributed by atoms with E-state index in [-0.39, 0.29) is 61.2 Å². The highest BCUT2D eigenvalue weighted by atomic mass is 16.5. The second-order valence-electron chi connectivity index (χ2n) is 13.2. The molecule has 9 heteroatoms. The van der Waals surface area contributed by atoms with Crippen molar-refractivity contribution in [1.29, 1.82) is 0 Å². The van der Waals surface area contributed by atoms with Crippen molar-refractivity contribution >= 4 is 23.4 Å². The minimum atomic E-state index is -1.72. The summed E-state index contributed by atoms with van der Waals surface area (Å²) in [6.45, 7) is 6.52. The van der Waals surface area contributed by atoms with Crippen LogP contribution in [0.5, 0.6) is 0 Å². The van der Waals surface area contributed by atoms with Crippen LogP contribution in [0.25, 0.3) is 0 Å². The summed E-state index contributed by atoms with van der Waals surface area (Å²) in [4.78, 5) is 49.7. The van der Waals surface area contributed by atoms with Crippen LogP contribution >= 0.6 is 0 Å². The summed E-state index contributed by atoms with van der Waals surface area (Å²) in [5, 5.41) is 35.1. The van der Waals surface area contributed by atoms with Crippen molar-refractivity contribution in [2.24, 2.45) is 28.6 Å². The first-order valence-corrected chi connectivity index (χ1v) is 13.9. The summed E-state index contributed by atoms with van der Waals surface area (Å²) in [5.74, 6) is -1.40. The number of allylic oxidation sites excluding steroid dienone is 1. The first-order chi connectivity index (χ1) is 17.7. The maximum atomic E-state index is 13.3. The zero-order valence-corrected chi connectivity index (χ0v) is 23.0. The molecule has 0 aromatic carbocycles. The summed E-state index contributed by atoms with van der Waals surface area (Å²) < 4.78 is 5.16. The number of rotatable bonds is 8. The fourth-order valence-corrected chi connectivity index (χ4v) is 8.18. The van der Waals surface area contributed by atoms with E-state index in [4.69, 9.17) is 4.74 Å². The smallest absolute Gasteiger partial charge is 0.306 e. The third kappa shape index (κ3) is 4.86. The average Bonchev–Trinajstić information content (AvgIpc) is 3.12. The number of fused-ring (bicyclic) bond motifs is 5. The molecule has 7 atom stereocenters. The Labute approximate surface area is 224 Å². The summed E-state index contributed by atoms with van der Waals surface area (Å²) in [6.07, 6.45) is 4.65. The van der Waals surface area contributed by atoms with Crippen molar-refractivity contribution in [2.45, 2.75) is 103 Å². The predicted octanol–water partition coefficient (Wildman–Crippen LogP) is 2.00. The van der Waals surface area contributed by atoms with E-state index in [9.17, 15) is 34.5 Å². The molecular weight excluding hydrogens is 490 g/mol. The molecule has 1 amide bonds. The Hall–Kier alpha value is -2.10. The number of esters is 1. The number of aliphatic hydroxyl groups is 3. The van der Waals surface area contributed by atoms with Crippen LogP contribution in [0.3, 0.4) is 0 Å².